The van der Waals surface area contributed by atoms with E-state index in [1.54, 1.807) is 0 Å². The number of alkyl halides is 3. The van der Waals surface area contributed by atoms with E-state index >= 15 is 0 Å². The maximum absolute atomic E-state index is 12.4. The molecule has 0 saturated carbocycles. The molecule has 2 rings (SSSR count). The zero-order chi connectivity index (χ0) is 17.3. The highest BCUT2D eigenvalue weighted by atomic mass is 32.1. The van der Waals surface area contributed by atoms with Crippen LogP contribution in [0.3, 0.4) is 0 Å². The summed E-state index contributed by atoms with van der Waals surface area (Å²) in [6.07, 6.45) is -4.36. The van der Waals surface area contributed by atoms with Crippen LogP contribution in [0.5, 0.6) is 0 Å². The number of likely N-dealkylation sites (tertiary alicyclic amines) is 1. The summed E-state index contributed by atoms with van der Waals surface area (Å²) in [6, 6.07) is 3.82. The molecule has 0 atom stereocenters. The molecule has 0 spiro atoms. The van der Waals surface area contributed by atoms with Crippen LogP contribution < -0.4 is 5.32 Å². The minimum absolute atomic E-state index is 0.0458. The lowest BCUT2D eigenvalue weighted by Crippen LogP contribution is -2.49. The van der Waals surface area contributed by atoms with Gasteiger partial charge in [0.05, 0.1) is 5.54 Å². The summed E-state index contributed by atoms with van der Waals surface area (Å²) in [7, 11) is 0. The molecule has 8 heteroatoms. The number of amides is 2. The van der Waals surface area contributed by atoms with E-state index in [-0.39, 0.29) is 37.8 Å². The number of nitrogens with zero attached hydrogens (tertiary/aromatic N) is 1. The number of piperidine rings is 1. The van der Waals surface area contributed by atoms with Crippen molar-refractivity contribution in [2.45, 2.75) is 38.4 Å². The van der Waals surface area contributed by atoms with Crippen LogP contribution in [-0.2, 0) is 15.1 Å². The summed E-state index contributed by atoms with van der Waals surface area (Å²) in [6.45, 7) is 3.68. The molecule has 2 heterocycles. The van der Waals surface area contributed by atoms with Crippen LogP contribution in [-0.4, -0.2) is 36.0 Å². The third kappa shape index (κ3) is 4.25. The van der Waals surface area contributed by atoms with Gasteiger partial charge >= 0.3 is 12.1 Å². The fourth-order valence-electron chi connectivity index (χ4n) is 2.63. The number of halogens is 3. The van der Waals surface area contributed by atoms with Gasteiger partial charge in [-0.25, -0.2) is 0 Å². The summed E-state index contributed by atoms with van der Waals surface area (Å²) in [5.74, 6) is -2.37. The number of hydrogen-bond donors (Lipinski definition) is 1. The van der Waals surface area contributed by atoms with Crippen molar-refractivity contribution >= 4 is 23.2 Å². The van der Waals surface area contributed by atoms with Gasteiger partial charge in [0, 0.05) is 23.9 Å². The predicted molar refractivity (Wildman–Crippen MR) is 80.8 cm³/mol. The van der Waals surface area contributed by atoms with Gasteiger partial charge < -0.3 is 10.2 Å². The smallest absolute Gasteiger partial charge is 0.346 e. The second-order valence-electron chi connectivity index (χ2n) is 6.16. The fraction of sp³-hybridized carbons (Fsp3) is 0.600. The number of nitrogens with one attached hydrogen (secondary N) is 1. The monoisotopic (exact) mass is 348 g/mol. The molecule has 2 amide bonds. The second-order valence-corrected chi connectivity index (χ2v) is 7.10. The Labute approximate surface area is 136 Å². The van der Waals surface area contributed by atoms with Crippen molar-refractivity contribution in [3.05, 3.63) is 22.4 Å². The van der Waals surface area contributed by atoms with E-state index in [4.69, 9.17) is 0 Å². The van der Waals surface area contributed by atoms with Crippen molar-refractivity contribution in [2.75, 3.05) is 13.1 Å². The highest BCUT2D eigenvalue weighted by Crippen LogP contribution is 2.27. The highest BCUT2D eigenvalue weighted by Gasteiger charge is 2.44. The summed E-state index contributed by atoms with van der Waals surface area (Å²) in [4.78, 5) is 25.3. The molecule has 1 saturated heterocycles. The minimum atomic E-state index is -4.85. The van der Waals surface area contributed by atoms with Crippen molar-refractivity contribution in [3.63, 3.8) is 0 Å². The molecular weight excluding hydrogens is 329 g/mol. The van der Waals surface area contributed by atoms with Gasteiger partial charge in [-0.2, -0.15) is 13.2 Å². The molecule has 1 fully saturated rings. The lowest BCUT2D eigenvalue weighted by Gasteiger charge is -2.34. The Morgan fingerprint density at radius 3 is 2.35 bits per heavy atom. The quantitative estimate of drug-likeness (QED) is 0.913. The van der Waals surface area contributed by atoms with E-state index < -0.39 is 17.6 Å². The summed E-state index contributed by atoms with van der Waals surface area (Å²) >= 11 is 1.53. The molecule has 1 aliphatic heterocycles. The number of rotatable bonds is 3. The average Bonchev–Trinajstić information content (AvgIpc) is 3.00. The van der Waals surface area contributed by atoms with E-state index in [1.165, 1.54) is 11.3 Å². The first-order chi connectivity index (χ1) is 10.6. The summed E-state index contributed by atoms with van der Waals surface area (Å²) < 4.78 is 37.2. The van der Waals surface area contributed by atoms with Crippen molar-refractivity contribution in [1.82, 2.24) is 10.2 Å². The lowest BCUT2D eigenvalue weighted by atomic mass is 9.93. The van der Waals surface area contributed by atoms with Crippen molar-refractivity contribution < 1.29 is 22.8 Å². The molecule has 1 aromatic heterocycles. The maximum Gasteiger partial charge on any atom is 0.471 e. The average molecular weight is 348 g/mol. The van der Waals surface area contributed by atoms with E-state index in [0.29, 0.717) is 0 Å². The minimum Gasteiger partial charge on any atom is -0.346 e. The number of carbonyl (C=O) groups is 2. The van der Waals surface area contributed by atoms with Crippen LogP contribution in [0.2, 0.25) is 0 Å². The Morgan fingerprint density at radius 2 is 1.87 bits per heavy atom. The number of thiophene rings is 1. The molecule has 1 N–H and O–H groups in total. The van der Waals surface area contributed by atoms with Crippen LogP contribution in [0.1, 0.15) is 31.6 Å². The zero-order valence-corrected chi connectivity index (χ0v) is 13.8. The van der Waals surface area contributed by atoms with E-state index in [2.05, 4.69) is 5.32 Å². The molecule has 23 heavy (non-hydrogen) atoms. The predicted octanol–water partition coefficient (Wildman–Crippen LogP) is 2.90. The molecular formula is C15H19F3N2O2S. The molecule has 4 nitrogen and oxygen atoms in total. The largest absolute Gasteiger partial charge is 0.471 e. The van der Waals surface area contributed by atoms with Gasteiger partial charge in [0.1, 0.15) is 0 Å². The normalized spacial score (nSPS) is 17.2. The Morgan fingerprint density at radius 1 is 1.26 bits per heavy atom. The second kappa shape index (κ2) is 6.51. The molecule has 0 aliphatic carbocycles. The van der Waals surface area contributed by atoms with Gasteiger partial charge in [-0.1, -0.05) is 6.07 Å². The van der Waals surface area contributed by atoms with Crippen LogP contribution in [0.15, 0.2) is 17.5 Å². The topological polar surface area (TPSA) is 49.4 Å². The van der Waals surface area contributed by atoms with Gasteiger partial charge in [-0.15, -0.1) is 11.3 Å². The first-order valence-corrected chi connectivity index (χ1v) is 8.21. The van der Waals surface area contributed by atoms with E-state index in [1.807, 2.05) is 31.4 Å². The van der Waals surface area contributed by atoms with Gasteiger partial charge in [0.25, 0.3) is 0 Å². The Balaban J connectivity index is 1.90. The maximum atomic E-state index is 12.4. The van der Waals surface area contributed by atoms with Crippen LogP contribution >= 0.6 is 11.3 Å². The zero-order valence-electron chi connectivity index (χ0n) is 12.9. The highest BCUT2D eigenvalue weighted by molar-refractivity contribution is 7.10. The molecule has 1 aliphatic rings. The first kappa shape index (κ1) is 17.8. The molecule has 0 unspecified atom stereocenters. The van der Waals surface area contributed by atoms with Crippen molar-refractivity contribution in [3.8, 4) is 0 Å². The molecule has 0 aromatic carbocycles. The van der Waals surface area contributed by atoms with Crippen molar-refractivity contribution in [2.24, 2.45) is 5.92 Å². The van der Waals surface area contributed by atoms with E-state index in [9.17, 15) is 22.8 Å². The Bertz CT molecular complexity index is 562. The first-order valence-electron chi connectivity index (χ1n) is 7.33. The third-order valence-electron chi connectivity index (χ3n) is 3.97. The van der Waals surface area contributed by atoms with Crippen LogP contribution in [0.4, 0.5) is 13.2 Å². The van der Waals surface area contributed by atoms with Gasteiger partial charge in [0.2, 0.25) is 5.91 Å². The summed E-state index contributed by atoms with van der Waals surface area (Å²) in [5.41, 5.74) is -0.524. The number of carbonyl (C=O) groups excluding carboxylic acids is 2. The molecule has 0 bridgehead atoms. The lowest BCUT2D eigenvalue weighted by molar-refractivity contribution is -0.186. The third-order valence-corrected chi connectivity index (χ3v) is 5.16. The van der Waals surface area contributed by atoms with E-state index in [0.717, 1.165) is 9.78 Å². The van der Waals surface area contributed by atoms with Gasteiger partial charge in [-0.05, 0) is 38.1 Å². The van der Waals surface area contributed by atoms with Crippen molar-refractivity contribution in [1.29, 1.82) is 0 Å². The number of hydrogen-bond acceptors (Lipinski definition) is 3. The summed E-state index contributed by atoms with van der Waals surface area (Å²) in [5, 5.41) is 4.87. The Kier molecular flexibility index (Phi) is 5.03. The molecule has 0 radical (unpaired) electrons. The van der Waals surface area contributed by atoms with Crippen LogP contribution in [0.25, 0.3) is 0 Å². The Hall–Kier alpha value is -1.57. The molecule has 128 valence electrons. The molecule has 1 aromatic rings. The van der Waals surface area contributed by atoms with Gasteiger partial charge in [-0.3, -0.25) is 9.59 Å². The van der Waals surface area contributed by atoms with Gasteiger partial charge in [0.15, 0.2) is 0 Å². The standard InChI is InChI=1S/C15H19F3N2O2S/c1-14(2,11-4-3-9-23-11)19-12(21)10-5-7-20(8-6-10)13(22)15(16,17)18/h3-4,9-10H,5-8H2,1-2H3,(H,19,21). The fourth-order valence-corrected chi connectivity index (χ4v) is 3.44. The van der Waals surface area contributed by atoms with Crippen LogP contribution in [0, 0.1) is 5.92 Å². The SMILES string of the molecule is CC(C)(NC(=O)C1CCN(C(=O)C(F)(F)F)CC1)c1cccs1.